The second-order valence-corrected chi connectivity index (χ2v) is 25.8. The van der Waals surface area contributed by atoms with Crippen molar-refractivity contribution in [3.8, 4) is 11.5 Å². The van der Waals surface area contributed by atoms with Gasteiger partial charge in [-0.25, -0.2) is 9.37 Å². The van der Waals surface area contributed by atoms with Crippen LogP contribution in [-0.4, -0.2) is 39.7 Å². The number of aromatic carboxylic acids is 1. The van der Waals surface area contributed by atoms with Crippen LogP contribution in [0.15, 0.2) is 23.8 Å². The van der Waals surface area contributed by atoms with Gasteiger partial charge >= 0.3 is 5.97 Å². The summed E-state index contributed by atoms with van der Waals surface area (Å²) in [5, 5.41) is 13.4. The van der Waals surface area contributed by atoms with Crippen LogP contribution in [0.3, 0.4) is 0 Å². The van der Waals surface area contributed by atoms with Crippen LogP contribution in [0.5, 0.6) is 11.5 Å². The van der Waals surface area contributed by atoms with Crippen molar-refractivity contribution in [1.29, 1.82) is 0 Å². The van der Waals surface area contributed by atoms with E-state index in [1.54, 1.807) is 12.1 Å². The second kappa shape index (κ2) is 13.0. The van der Waals surface area contributed by atoms with Crippen molar-refractivity contribution in [3.05, 3.63) is 90.0 Å². The number of hydrogen-bond donors (Lipinski definition) is 1. The highest BCUT2D eigenvalue weighted by atomic mass is 16.5. The molecule has 5 aliphatic heterocycles. The van der Waals surface area contributed by atoms with Gasteiger partial charge in [0.05, 0.1) is 16.7 Å². The van der Waals surface area contributed by atoms with Crippen LogP contribution in [0, 0.1) is 30.1 Å². The summed E-state index contributed by atoms with van der Waals surface area (Å²) >= 11 is 0. The SMILES string of the molecule is CC1=C(C)C(C)(C)[N+]2=c3c1c(C)c1c(c3C(C)(C)C(C)(C)C2(C)C)Oc2c(c(C)c3c4c2C(C)(C)C(C)(C)C(C)(C)N4C(C)(C)C(C)(C)C3(C)C)C=1c1cc(COC=O)ccc1C(=O)O. The highest BCUT2D eigenvalue weighted by Gasteiger charge is 2.69. The van der Waals surface area contributed by atoms with E-state index in [2.05, 4.69) is 176 Å². The minimum absolute atomic E-state index is 0.0195. The molecule has 1 N–H and O–H groups in total. The molecule has 0 aliphatic carbocycles. The Balaban J connectivity index is 1.79. The van der Waals surface area contributed by atoms with Crippen LogP contribution in [0.2, 0.25) is 0 Å². The van der Waals surface area contributed by atoms with E-state index in [0.29, 0.717) is 17.6 Å². The Morgan fingerprint density at radius 2 is 1.22 bits per heavy atom. The molecule has 3 aromatic rings. The Kier molecular flexibility index (Phi) is 9.41. The van der Waals surface area contributed by atoms with E-state index in [-0.39, 0.29) is 56.0 Å². The van der Waals surface area contributed by atoms with Crippen molar-refractivity contribution >= 4 is 29.3 Å². The van der Waals surface area contributed by atoms with Crippen LogP contribution in [0.1, 0.15) is 213 Å². The number of ether oxygens (including phenoxy) is 2. The van der Waals surface area contributed by atoms with E-state index in [1.165, 1.54) is 38.9 Å². The van der Waals surface area contributed by atoms with Gasteiger partial charge < -0.3 is 19.5 Å². The molecule has 0 bridgehead atoms. The fraction of sp³-hybridized carbons (Fsp3) is 0.603. The second-order valence-electron chi connectivity index (χ2n) is 25.8. The quantitative estimate of drug-likeness (QED) is 0.159. The number of carbonyl (C=O) groups excluding carboxylic acids is 1. The fourth-order valence-corrected chi connectivity index (χ4v) is 14.4. The first-order chi connectivity index (χ1) is 29.3. The summed E-state index contributed by atoms with van der Waals surface area (Å²) in [5.74, 6) is 0.616. The zero-order valence-corrected chi connectivity index (χ0v) is 44.5. The molecule has 65 heavy (non-hydrogen) atoms. The lowest BCUT2D eigenvalue weighted by atomic mass is 9.45. The minimum Gasteiger partial charge on any atom is -0.478 e. The van der Waals surface area contributed by atoms with Gasteiger partial charge in [0.1, 0.15) is 18.1 Å². The van der Waals surface area contributed by atoms with Crippen LogP contribution in [0.4, 0.5) is 5.69 Å². The van der Waals surface area contributed by atoms with E-state index in [1.807, 2.05) is 6.07 Å². The van der Waals surface area contributed by atoms with Crippen molar-refractivity contribution < 1.29 is 24.2 Å². The average Bonchev–Trinajstić information content (AvgIpc) is 3.16. The lowest BCUT2D eigenvalue weighted by Crippen LogP contribution is -2.76. The van der Waals surface area contributed by atoms with Crippen LogP contribution >= 0.6 is 0 Å². The first-order valence-electron chi connectivity index (χ1n) is 24.0. The van der Waals surface area contributed by atoms with Gasteiger partial charge in [-0.05, 0) is 117 Å². The smallest absolute Gasteiger partial charge is 0.336 e. The van der Waals surface area contributed by atoms with Crippen molar-refractivity contribution in [2.24, 2.45) is 16.2 Å². The van der Waals surface area contributed by atoms with E-state index in [0.717, 1.165) is 44.5 Å². The molecule has 0 saturated carbocycles. The molecule has 0 saturated heterocycles. The monoisotopic (exact) mass is 884 g/mol. The molecule has 350 valence electrons. The summed E-state index contributed by atoms with van der Waals surface area (Å²) < 4.78 is 16.2. The van der Waals surface area contributed by atoms with Gasteiger partial charge in [0.15, 0.2) is 11.1 Å². The zero-order valence-electron chi connectivity index (χ0n) is 44.5. The number of nitrogens with zero attached hydrogens (tertiary/aromatic N) is 2. The topological polar surface area (TPSA) is 79.1 Å². The molecule has 8 rings (SSSR count). The van der Waals surface area contributed by atoms with E-state index in [9.17, 15) is 14.7 Å². The molecule has 0 spiro atoms. The molecule has 5 heterocycles. The van der Waals surface area contributed by atoms with E-state index >= 15 is 0 Å². The highest BCUT2D eigenvalue weighted by molar-refractivity contribution is 6.01. The van der Waals surface area contributed by atoms with Crippen molar-refractivity contribution in [2.75, 3.05) is 4.90 Å². The summed E-state index contributed by atoms with van der Waals surface area (Å²) in [6.45, 7) is 57.9. The number of fused-ring (bicyclic) bond motifs is 4. The summed E-state index contributed by atoms with van der Waals surface area (Å²) in [5.41, 5.74) is 10.9. The van der Waals surface area contributed by atoms with Crippen molar-refractivity contribution in [1.82, 2.24) is 4.58 Å². The van der Waals surface area contributed by atoms with Crippen molar-refractivity contribution in [2.45, 2.75) is 211 Å². The summed E-state index contributed by atoms with van der Waals surface area (Å²) in [6.07, 6.45) is 0. The summed E-state index contributed by atoms with van der Waals surface area (Å²) in [6, 6.07) is 5.43. The van der Waals surface area contributed by atoms with Gasteiger partial charge in [-0.2, -0.15) is 0 Å². The third-order valence-corrected chi connectivity index (χ3v) is 21.7. The predicted octanol–water partition coefficient (Wildman–Crippen LogP) is 12.2. The van der Waals surface area contributed by atoms with Crippen molar-refractivity contribution in [3.63, 3.8) is 0 Å². The van der Waals surface area contributed by atoms with E-state index in [4.69, 9.17) is 9.47 Å². The summed E-state index contributed by atoms with van der Waals surface area (Å²) in [4.78, 5) is 28.2. The predicted molar refractivity (Wildman–Crippen MR) is 266 cm³/mol. The summed E-state index contributed by atoms with van der Waals surface area (Å²) in [7, 11) is 0. The fourth-order valence-electron chi connectivity index (χ4n) is 14.4. The number of hydrogen-bond acceptors (Lipinski definition) is 5. The zero-order chi connectivity index (χ0) is 49.1. The number of allylic oxidation sites excluding steroid dienone is 1. The van der Waals surface area contributed by atoms with Crippen LogP contribution in [-0.2, 0) is 32.4 Å². The lowest BCUT2D eigenvalue weighted by Gasteiger charge is -2.73. The molecule has 0 radical (unpaired) electrons. The molecular weight excluding hydrogens is 805 g/mol. The van der Waals surface area contributed by atoms with Crippen LogP contribution in [0.25, 0.3) is 11.1 Å². The standard InChI is InChI=1S/C58H78N2O5/c1-30-33(4)52(11,12)59-44-37(30)31(2)38-40(36-27-34(28-64-29-61)25-26-35(36)48(62)63)39-32(3)41-45-43(47(39)65-46(38)42(44)50(7,8)54(15,16)56(59,19)20)51(9,10)55(17,18)58(23,24)60(45)57(21,22)53(13,14)49(41,5)6/h25-27,29H,28H2,1-24H3/p+1. The molecule has 7 nitrogen and oxygen atoms in total. The van der Waals surface area contributed by atoms with Gasteiger partial charge in [-0.15, -0.1) is 0 Å². The average molecular weight is 884 g/mol. The van der Waals surface area contributed by atoms with Gasteiger partial charge in [0.25, 0.3) is 6.47 Å². The Labute approximate surface area is 390 Å². The molecule has 0 amide bonds. The Hall–Kier alpha value is -4.39. The number of benzene rings is 3. The molecule has 0 unspecified atom stereocenters. The third-order valence-electron chi connectivity index (χ3n) is 21.7. The molecule has 7 heteroatoms. The molecule has 0 fully saturated rings. The largest absolute Gasteiger partial charge is 0.478 e. The van der Waals surface area contributed by atoms with Gasteiger partial charge in [0, 0.05) is 88.2 Å². The Morgan fingerprint density at radius 3 is 1.74 bits per heavy atom. The third kappa shape index (κ3) is 5.02. The highest BCUT2D eigenvalue weighted by Crippen LogP contribution is 2.71. The minimum atomic E-state index is -1.01. The Morgan fingerprint density at radius 1 is 0.692 bits per heavy atom. The van der Waals surface area contributed by atoms with Gasteiger partial charge in [-0.3, -0.25) is 4.79 Å². The Bertz CT molecular complexity index is 2880. The van der Waals surface area contributed by atoms with Crippen LogP contribution < -0.4 is 24.8 Å². The van der Waals surface area contributed by atoms with Gasteiger partial charge in [0.2, 0.25) is 5.36 Å². The number of anilines is 1. The maximum Gasteiger partial charge on any atom is 0.336 e. The number of carboxylic acids is 1. The van der Waals surface area contributed by atoms with Gasteiger partial charge in [-0.1, -0.05) is 89.2 Å². The molecule has 5 aliphatic rings. The maximum absolute atomic E-state index is 13.8. The lowest BCUT2D eigenvalue weighted by molar-refractivity contribution is -0.129. The molecule has 0 atom stereocenters. The normalized spacial score (nSPS) is 24.2. The maximum atomic E-state index is 13.8. The molecule has 3 aromatic carbocycles. The first-order valence-corrected chi connectivity index (χ1v) is 24.0. The number of carbonyl (C=O) groups is 2. The van der Waals surface area contributed by atoms with E-state index < -0.39 is 16.8 Å². The molecule has 0 aromatic heterocycles. The molecular formula is C58H79N2O5+. The number of carboxylic acid groups (broad SMARTS) is 1. The number of rotatable bonds is 5. The first kappa shape index (κ1) is 47.1.